The number of sulfonamides is 1. The number of nitrogens with one attached hydrogen (secondary N) is 1. The smallest absolute Gasteiger partial charge is 0.240 e. The number of imidazole rings is 1. The van der Waals surface area contributed by atoms with E-state index in [2.05, 4.69) is 9.71 Å². The molecular weight excluding hydrogens is 346 g/mol. The van der Waals surface area contributed by atoms with Gasteiger partial charge in [0.1, 0.15) is 5.75 Å². The molecule has 2 heterocycles. The van der Waals surface area contributed by atoms with Crippen LogP contribution in [0.3, 0.4) is 0 Å². The van der Waals surface area contributed by atoms with Gasteiger partial charge in [0.15, 0.2) is 4.96 Å². The lowest BCUT2D eigenvalue weighted by atomic mass is 10.3. The molecule has 0 fully saturated rings. The predicted molar refractivity (Wildman–Crippen MR) is 94.2 cm³/mol. The van der Waals surface area contributed by atoms with Gasteiger partial charge in [-0.2, -0.15) is 0 Å². The number of fused-ring (bicyclic) bond motifs is 1. The molecule has 0 spiro atoms. The van der Waals surface area contributed by atoms with Crippen LogP contribution in [0, 0.1) is 0 Å². The number of rotatable bonds is 7. The quantitative estimate of drug-likeness (QED) is 0.699. The van der Waals surface area contributed by atoms with Crippen molar-refractivity contribution in [2.24, 2.45) is 0 Å². The van der Waals surface area contributed by atoms with E-state index < -0.39 is 10.0 Å². The zero-order chi connectivity index (χ0) is 17.2. The minimum Gasteiger partial charge on any atom is -0.491 e. The first-order valence-electron chi connectivity index (χ1n) is 7.61. The van der Waals surface area contributed by atoms with Crippen LogP contribution >= 0.6 is 11.3 Å². The van der Waals surface area contributed by atoms with Gasteiger partial charge in [0, 0.05) is 30.7 Å². The minimum absolute atomic E-state index is 0.0510. The standard InChI is InChI=1S/C16H19N3O3S2/c1-12(2)22-14-3-5-15(6-4-14)24(20,21)17-8-7-13-11-19-9-10-23-16(19)18-13/h3-6,9-12,17H,7-8H2,1-2H3. The minimum atomic E-state index is -3.53. The van der Waals surface area contributed by atoms with Crippen molar-refractivity contribution in [2.75, 3.05) is 6.54 Å². The number of thiazole rings is 1. The molecule has 0 saturated carbocycles. The van der Waals surface area contributed by atoms with Crippen LogP contribution < -0.4 is 9.46 Å². The first-order valence-corrected chi connectivity index (χ1v) is 9.98. The van der Waals surface area contributed by atoms with E-state index in [0.717, 1.165) is 10.7 Å². The van der Waals surface area contributed by atoms with Crippen LogP contribution in [0.1, 0.15) is 19.5 Å². The summed E-state index contributed by atoms with van der Waals surface area (Å²) in [5.74, 6) is 0.655. The second-order valence-corrected chi connectivity index (χ2v) is 8.25. The molecule has 6 nitrogen and oxygen atoms in total. The molecule has 3 rings (SSSR count). The maximum atomic E-state index is 12.3. The SMILES string of the molecule is CC(C)Oc1ccc(S(=O)(=O)NCCc2cn3ccsc3n2)cc1. The highest BCUT2D eigenvalue weighted by atomic mass is 32.2. The number of aromatic nitrogens is 2. The van der Waals surface area contributed by atoms with Crippen molar-refractivity contribution in [2.45, 2.75) is 31.3 Å². The molecule has 0 radical (unpaired) electrons. The Morgan fingerprint density at radius 3 is 2.71 bits per heavy atom. The van der Waals surface area contributed by atoms with Gasteiger partial charge in [0.05, 0.1) is 16.7 Å². The highest BCUT2D eigenvalue weighted by Gasteiger charge is 2.14. The lowest BCUT2D eigenvalue weighted by molar-refractivity contribution is 0.242. The topological polar surface area (TPSA) is 72.7 Å². The Morgan fingerprint density at radius 1 is 1.29 bits per heavy atom. The zero-order valence-electron chi connectivity index (χ0n) is 13.5. The van der Waals surface area contributed by atoms with Crippen LogP contribution in [0.2, 0.25) is 0 Å². The first-order chi connectivity index (χ1) is 11.4. The summed E-state index contributed by atoms with van der Waals surface area (Å²) in [6.45, 7) is 4.15. The molecule has 1 aromatic carbocycles. The molecule has 0 amide bonds. The summed E-state index contributed by atoms with van der Waals surface area (Å²) in [6.07, 6.45) is 4.44. The van der Waals surface area contributed by atoms with Crippen LogP contribution in [0.25, 0.3) is 4.96 Å². The van der Waals surface area contributed by atoms with Gasteiger partial charge in [-0.3, -0.25) is 4.40 Å². The molecule has 0 bridgehead atoms. The Bertz CT molecular complexity index is 883. The van der Waals surface area contributed by atoms with Crippen molar-refractivity contribution in [3.05, 3.63) is 47.7 Å². The lowest BCUT2D eigenvalue weighted by Gasteiger charge is -2.10. The normalized spacial score (nSPS) is 12.1. The van der Waals surface area contributed by atoms with E-state index in [1.54, 1.807) is 35.6 Å². The fraction of sp³-hybridized carbons (Fsp3) is 0.312. The first kappa shape index (κ1) is 16.9. The molecule has 128 valence electrons. The summed E-state index contributed by atoms with van der Waals surface area (Å²) in [5, 5.41) is 1.96. The number of hydrogen-bond donors (Lipinski definition) is 1. The molecule has 0 atom stereocenters. The molecular formula is C16H19N3O3S2. The van der Waals surface area contributed by atoms with E-state index in [4.69, 9.17) is 4.74 Å². The Morgan fingerprint density at radius 2 is 2.04 bits per heavy atom. The summed E-state index contributed by atoms with van der Waals surface area (Å²) in [6, 6.07) is 6.43. The Labute approximate surface area is 145 Å². The van der Waals surface area contributed by atoms with E-state index in [0.29, 0.717) is 18.7 Å². The van der Waals surface area contributed by atoms with E-state index in [-0.39, 0.29) is 11.0 Å². The second-order valence-electron chi connectivity index (χ2n) is 5.61. The van der Waals surface area contributed by atoms with Gasteiger partial charge in [0.25, 0.3) is 0 Å². The van der Waals surface area contributed by atoms with Crippen LogP contribution in [0.4, 0.5) is 0 Å². The number of ether oxygens (including phenoxy) is 1. The van der Waals surface area contributed by atoms with Crippen molar-refractivity contribution in [3.8, 4) is 5.75 Å². The van der Waals surface area contributed by atoms with Gasteiger partial charge >= 0.3 is 0 Å². The van der Waals surface area contributed by atoms with Gasteiger partial charge in [-0.1, -0.05) is 0 Å². The molecule has 0 unspecified atom stereocenters. The lowest BCUT2D eigenvalue weighted by Crippen LogP contribution is -2.26. The molecule has 1 N–H and O–H groups in total. The average Bonchev–Trinajstić information content (AvgIpc) is 3.08. The third-order valence-electron chi connectivity index (χ3n) is 3.32. The van der Waals surface area contributed by atoms with Crippen molar-refractivity contribution in [3.63, 3.8) is 0 Å². The summed E-state index contributed by atoms with van der Waals surface area (Å²) in [7, 11) is -3.53. The van der Waals surface area contributed by atoms with Gasteiger partial charge in [-0.05, 0) is 38.1 Å². The largest absolute Gasteiger partial charge is 0.491 e. The number of hydrogen-bond acceptors (Lipinski definition) is 5. The van der Waals surface area contributed by atoms with Gasteiger partial charge in [-0.25, -0.2) is 18.1 Å². The van der Waals surface area contributed by atoms with Crippen LogP contribution in [0.15, 0.2) is 46.9 Å². The van der Waals surface area contributed by atoms with Crippen LogP contribution in [0.5, 0.6) is 5.75 Å². The van der Waals surface area contributed by atoms with Gasteiger partial charge in [0.2, 0.25) is 10.0 Å². The summed E-state index contributed by atoms with van der Waals surface area (Å²) >= 11 is 1.55. The van der Waals surface area contributed by atoms with Crippen molar-refractivity contribution < 1.29 is 13.2 Å². The third-order valence-corrected chi connectivity index (χ3v) is 5.57. The average molecular weight is 365 g/mol. The van der Waals surface area contributed by atoms with Crippen LogP contribution in [-0.2, 0) is 16.4 Å². The number of benzene rings is 1. The molecule has 2 aromatic heterocycles. The molecule has 3 aromatic rings. The fourth-order valence-corrected chi connectivity index (χ4v) is 4.01. The van der Waals surface area contributed by atoms with Gasteiger partial charge < -0.3 is 4.74 Å². The fourth-order valence-electron chi connectivity index (χ4n) is 2.26. The molecule has 8 heteroatoms. The Hall–Kier alpha value is -1.90. The monoisotopic (exact) mass is 365 g/mol. The Balaban J connectivity index is 1.59. The van der Waals surface area contributed by atoms with E-state index in [1.807, 2.05) is 36.0 Å². The van der Waals surface area contributed by atoms with Gasteiger partial charge in [-0.15, -0.1) is 11.3 Å². The summed E-state index contributed by atoms with van der Waals surface area (Å²) < 4.78 is 34.7. The third kappa shape index (κ3) is 3.95. The van der Waals surface area contributed by atoms with E-state index >= 15 is 0 Å². The second kappa shape index (κ2) is 6.92. The summed E-state index contributed by atoms with van der Waals surface area (Å²) in [4.78, 5) is 5.57. The summed E-state index contributed by atoms with van der Waals surface area (Å²) in [5.41, 5.74) is 0.866. The molecule has 0 aliphatic carbocycles. The van der Waals surface area contributed by atoms with Crippen molar-refractivity contribution >= 4 is 26.3 Å². The van der Waals surface area contributed by atoms with Crippen molar-refractivity contribution in [1.82, 2.24) is 14.1 Å². The number of nitrogens with zero attached hydrogens (tertiary/aromatic N) is 2. The zero-order valence-corrected chi connectivity index (χ0v) is 15.1. The van der Waals surface area contributed by atoms with Crippen LogP contribution in [-0.4, -0.2) is 30.5 Å². The predicted octanol–water partition coefficient (Wildman–Crippen LogP) is 2.70. The molecule has 0 saturated heterocycles. The van der Waals surface area contributed by atoms with Crippen molar-refractivity contribution in [1.29, 1.82) is 0 Å². The maximum Gasteiger partial charge on any atom is 0.240 e. The highest BCUT2D eigenvalue weighted by molar-refractivity contribution is 7.89. The van der Waals surface area contributed by atoms with E-state index in [9.17, 15) is 8.42 Å². The highest BCUT2D eigenvalue weighted by Crippen LogP contribution is 2.17. The molecule has 0 aliphatic heterocycles. The maximum absolute atomic E-state index is 12.3. The molecule has 24 heavy (non-hydrogen) atoms. The molecule has 0 aliphatic rings. The van der Waals surface area contributed by atoms with E-state index in [1.165, 1.54) is 0 Å². The Kier molecular flexibility index (Phi) is 4.88.